The van der Waals surface area contributed by atoms with Crippen LogP contribution in [0.15, 0.2) is 30.3 Å². The number of hydrogen-bond acceptors (Lipinski definition) is 3. The average Bonchev–Trinajstić information content (AvgIpc) is 2.59. The molecule has 0 bridgehead atoms. The number of hydrogen-bond donors (Lipinski definition) is 1. The van der Waals surface area contributed by atoms with E-state index in [0.717, 1.165) is 15.2 Å². The minimum atomic E-state index is -0.0786. The van der Waals surface area contributed by atoms with Crippen LogP contribution in [0, 0.1) is 6.92 Å². The van der Waals surface area contributed by atoms with Crippen LogP contribution in [-0.2, 0) is 0 Å². The van der Waals surface area contributed by atoms with Crippen molar-refractivity contribution in [2.45, 2.75) is 6.92 Å². The third-order valence-corrected chi connectivity index (χ3v) is 4.05. The molecule has 1 amide bonds. The third-order valence-electron chi connectivity index (χ3n) is 2.05. The van der Waals surface area contributed by atoms with Crippen molar-refractivity contribution in [3.8, 4) is 0 Å². The molecule has 0 aliphatic rings. The molecule has 5 heteroatoms. The molecule has 16 heavy (non-hydrogen) atoms. The van der Waals surface area contributed by atoms with Crippen molar-refractivity contribution in [1.82, 2.24) is 4.98 Å². The van der Waals surface area contributed by atoms with Crippen LogP contribution in [0.2, 0.25) is 0 Å². The van der Waals surface area contributed by atoms with Gasteiger partial charge in [0, 0.05) is 0 Å². The second-order valence-electron chi connectivity index (χ2n) is 3.29. The third kappa shape index (κ3) is 2.52. The topological polar surface area (TPSA) is 42.0 Å². The van der Waals surface area contributed by atoms with Crippen LogP contribution >= 0.6 is 11.3 Å². The number of nitrogens with zero attached hydrogens (tertiary/aromatic N) is 1. The Labute approximate surface area is 106 Å². The summed E-state index contributed by atoms with van der Waals surface area (Å²) in [4.78, 5) is 16.9. The number of carbonyl (C=O) groups is 1. The van der Waals surface area contributed by atoms with Crippen LogP contribution in [0.1, 0.15) is 15.4 Å². The summed E-state index contributed by atoms with van der Waals surface area (Å²) in [7, 11) is 0. The molecule has 0 aliphatic heterocycles. The summed E-state index contributed by atoms with van der Waals surface area (Å²) >= 11 is 2.89. The standard InChI is InChI=1S/C11H11AsN2OS/c1-7-9(16-11(12)13-7)10(15)14-8-5-3-2-4-6-8/h2-6H,12H2,1H3,(H,14,15). The first-order valence-electron chi connectivity index (χ1n) is 4.76. The molecule has 0 fully saturated rings. The van der Waals surface area contributed by atoms with Gasteiger partial charge in [0.05, 0.1) is 0 Å². The van der Waals surface area contributed by atoms with E-state index in [1.54, 1.807) is 0 Å². The number of carbonyl (C=O) groups excluding carboxylic acids is 1. The number of aromatic nitrogens is 1. The van der Waals surface area contributed by atoms with Crippen molar-refractivity contribution in [2.24, 2.45) is 0 Å². The van der Waals surface area contributed by atoms with Gasteiger partial charge in [-0.25, -0.2) is 0 Å². The van der Waals surface area contributed by atoms with E-state index in [-0.39, 0.29) is 5.91 Å². The number of anilines is 1. The van der Waals surface area contributed by atoms with E-state index in [4.69, 9.17) is 0 Å². The Morgan fingerprint density at radius 3 is 2.62 bits per heavy atom. The van der Waals surface area contributed by atoms with Crippen molar-refractivity contribution < 1.29 is 4.79 Å². The number of benzene rings is 1. The van der Waals surface area contributed by atoms with Gasteiger partial charge in [-0.2, -0.15) is 0 Å². The predicted octanol–water partition coefficient (Wildman–Crippen LogP) is 0.962. The van der Waals surface area contributed by atoms with Crippen molar-refractivity contribution in [2.75, 3.05) is 5.32 Å². The number of rotatable bonds is 2. The van der Waals surface area contributed by atoms with Gasteiger partial charge >= 0.3 is 107 Å². The van der Waals surface area contributed by atoms with Gasteiger partial charge in [0.1, 0.15) is 0 Å². The molecule has 1 unspecified atom stereocenters. The number of thiazole rings is 1. The van der Waals surface area contributed by atoms with Gasteiger partial charge in [-0.15, -0.1) is 0 Å². The predicted molar refractivity (Wildman–Crippen MR) is 69.4 cm³/mol. The van der Waals surface area contributed by atoms with E-state index in [9.17, 15) is 4.79 Å². The summed E-state index contributed by atoms with van der Waals surface area (Å²) in [6, 6.07) is 9.43. The molecule has 1 atom stereocenters. The van der Waals surface area contributed by atoms with Gasteiger partial charge in [0.25, 0.3) is 0 Å². The maximum absolute atomic E-state index is 11.9. The monoisotopic (exact) mass is 294 g/mol. The van der Waals surface area contributed by atoms with Crippen molar-refractivity contribution in [3.05, 3.63) is 40.9 Å². The first-order valence-corrected chi connectivity index (χ1v) is 6.79. The molecular formula is C11H11AsN2OS. The number of aryl methyl sites for hydroxylation is 1. The van der Waals surface area contributed by atoms with Crippen LogP contribution in [-0.4, -0.2) is 27.7 Å². The zero-order chi connectivity index (χ0) is 11.5. The Hall–Kier alpha value is -1.12. The Balaban J connectivity index is 2.18. The summed E-state index contributed by atoms with van der Waals surface area (Å²) in [6.45, 7) is 1.86. The quantitative estimate of drug-likeness (QED) is 0.838. The number of amides is 1. The number of nitrogens with one attached hydrogen (secondary N) is 1. The molecule has 0 saturated heterocycles. The fourth-order valence-electron chi connectivity index (χ4n) is 1.34. The van der Waals surface area contributed by atoms with Gasteiger partial charge in [-0.05, 0) is 0 Å². The summed E-state index contributed by atoms with van der Waals surface area (Å²) in [6.07, 6.45) is 0. The fraction of sp³-hybridized carbons (Fsp3) is 0.0909. The molecule has 1 heterocycles. The Morgan fingerprint density at radius 1 is 1.38 bits per heavy atom. The molecule has 0 spiro atoms. The molecule has 1 N–H and O–H groups in total. The number of para-hydroxylation sites is 1. The zero-order valence-electron chi connectivity index (χ0n) is 8.73. The van der Waals surface area contributed by atoms with Gasteiger partial charge in [0.2, 0.25) is 0 Å². The van der Waals surface area contributed by atoms with Crippen LogP contribution in [0.3, 0.4) is 0 Å². The zero-order valence-corrected chi connectivity index (χ0v) is 12.0. The molecular weight excluding hydrogens is 283 g/mol. The van der Waals surface area contributed by atoms with E-state index < -0.39 is 0 Å². The Bertz CT molecular complexity index is 510. The summed E-state index contributed by atoms with van der Waals surface area (Å²) in [5, 5.41) is 2.85. The molecule has 2 aromatic rings. The van der Waals surface area contributed by atoms with Crippen molar-refractivity contribution in [1.29, 1.82) is 0 Å². The normalized spacial score (nSPS) is 10.1. The Kier molecular flexibility index (Phi) is 3.42. The molecule has 82 valence electrons. The summed E-state index contributed by atoms with van der Waals surface area (Å²) in [5.74, 6) is -0.0786. The minimum absolute atomic E-state index is 0.0786. The van der Waals surface area contributed by atoms with Gasteiger partial charge < -0.3 is 0 Å². The summed E-state index contributed by atoms with van der Waals surface area (Å²) < 4.78 is 0.975. The SMILES string of the molecule is Cc1nc([AsH2])sc1C(=O)Nc1ccccc1. The second-order valence-corrected chi connectivity index (χ2v) is 6.34. The van der Waals surface area contributed by atoms with E-state index >= 15 is 0 Å². The molecule has 3 nitrogen and oxygen atoms in total. The molecule has 2 rings (SSSR count). The molecule has 0 radical (unpaired) electrons. The van der Waals surface area contributed by atoms with Crippen LogP contribution in [0.25, 0.3) is 0 Å². The van der Waals surface area contributed by atoms with Crippen LogP contribution in [0.5, 0.6) is 0 Å². The van der Waals surface area contributed by atoms with Crippen molar-refractivity contribution in [3.63, 3.8) is 0 Å². The van der Waals surface area contributed by atoms with Gasteiger partial charge in [-0.3, -0.25) is 0 Å². The van der Waals surface area contributed by atoms with E-state index in [1.807, 2.05) is 37.3 Å². The van der Waals surface area contributed by atoms with E-state index in [0.29, 0.717) is 4.88 Å². The molecule has 0 aliphatic carbocycles. The van der Waals surface area contributed by atoms with Crippen LogP contribution in [0.4, 0.5) is 5.69 Å². The molecule has 0 saturated carbocycles. The van der Waals surface area contributed by atoms with E-state index in [2.05, 4.69) is 10.3 Å². The molecule has 1 aromatic carbocycles. The van der Waals surface area contributed by atoms with Crippen LogP contribution < -0.4 is 9.11 Å². The summed E-state index contributed by atoms with van der Waals surface area (Å²) in [5.41, 5.74) is 1.61. The second kappa shape index (κ2) is 4.81. The Morgan fingerprint density at radius 2 is 2.06 bits per heavy atom. The maximum atomic E-state index is 11.9. The van der Waals surface area contributed by atoms with E-state index in [1.165, 1.54) is 28.2 Å². The average molecular weight is 294 g/mol. The van der Waals surface area contributed by atoms with Gasteiger partial charge in [0.15, 0.2) is 0 Å². The van der Waals surface area contributed by atoms with Gasteiger partial charge in [-0.1, -0.05) is 0 Å². The molecule has 1 aromatic heterocycles. The first kappa shape index (κ1) is 11.4. The first-order chi connectivity index (χ1) is 7.66. The fourth-order valence-corrected chi connectivity index (χ4v) is 3.21. The van der Waals surface area contributed by atoms with Crippen molar-refractivity contribution >= 4 is 43.6 Å².